The van der Waals surface area contributed by atoms with E-state index in [-0.39, 0.29) is 24.5 Å². The van der Waals surface area contributed by atoms with E-state index >= 15 is 0 Å². The summed E-state index contributed by atoms with van der Waals surface area (Å²) >= 11 is 1.63. The van der Waals surface area contributed by atoms with Crippen molar-refractivity contribution < 1.29 is 19.1 Å². The number of ether oxygens (including phenoxy) is 2. The van der Waals surface area contributed by atoms with Gasteiger partial charge in [0, 0.05) is 12.1 Å². The predicted molar refractivity (Wildman–Crippen MR) is 121 cm³/mol. The normalized spacial score (nSPS) is 11.6. The minimum atomic E-state index is -0.623. The number of thioether (sulfide) groups is 1. The molecular formula is C23H30N2O4S. The van der Waals surface area contributed by atoms with Gasteiger partial charge in [-0.3, -0.25) is 9.59 Å². The van der Waals surface area contributed by atoms with Crippen molar-refractivity contribution in [2.45, 2.75) is 39.0 Å². The average Bonchev–Trinajstić information content (AvgIpc) is 2.74. The zero-order chi connectivity index (χ0) is 21.8. The van der Waals surface area contributed by atoms with E-state index in [1.807, 2.05) is 62.6 Å². The van der Waals surface area contributed by atoms with Gasteiger partial charge in [0.2, 0.25) is 5.91 Å². The van der Waals surface area contributed by atoms with Gasteiger partial charge in [0.1, 0.15) is 17.5 Å². The van der Waals surface area contributed by atoms with Gasteiger partial charge in [-0.05, 0) is 50.5 Å². The van der Waals surface area contributed by atoms with Crippen LogP contribution in [0.3, 0.4) is 0 Å². The molecule has 2 amide bonds. The van der Waals surface area contributed by atoms with E-state index in [2.05, 4.69) is 10.6 Å². The van der Waals surface area contributed by atoms with Crippen molar-refractivity contribution in [1.82, 2.24) is 10.6 Å². The van der Waals surface area contributed by atoms with Crippen LogP contribution >= 0.6 is 11.8 Å². The molecular weight excluding hydrogens is 400 g/mol. The van der Waals surface area contributed by atoms with E-state index in [4.69, 9.17) is 9.47 Å². The number of hydrogen-bond acceptors (Lipinski definition) is 5. The van der Waals surface area contributed by atoms with E-state index in [9.17, 15) is 9.59 Å². The molecule has 7 heteroatoms. The standard InChI is InChI=1S/C23H30N2O4S/c1-17(2)29-21-12-8-7-9-18(21)15-24-23(27)20(13-14-30-3)25-22(26)16-28-19-10-5-4-6-11-19/h4-12,17,20H,13-16H2,1-3H3,(H,24,27)(H,25,26). The lowest BCUT2D eigenvalue weighted by molar-refractivity contribution is -0.130. The number of carbonyl (C=O) groups excluding carboxylic acids is 2. The Labute approximate surface area is 182 Å². The van der Waals surface area contributed by atoms with Crippen LogP contribution in [0.25, 0.3) is 0 Å². The van der Waals surface area contributed by atoms with Crippen LogP contribution < -0.4 is 20.1 Å². The molecule has 0 aromatic heterocycles. The summed E-state index contributed by atoms with van der Waals surface area (Å²) < 4.78 is 11.3. The summed E-state index contributed by atoms with van der Waals surface area (Å²) in [5.41, 5.74) is 0.891. The Morgan fingerprint density at radius 1 is 1.03 bits per heavy atom. The third-order valence-electron chi connectivity index (χ3n) is 4.16. The highest BCUT2D eigenvalue weighted by atomic mass is 32.2. The van der Waals surface area contributed by atoms with Gasteiger partial charge in [0.05, 0.1) is 6.10 Å². The first-order valence-electron chi connectivity index (χ1n) is 9.98. The molecule has 0 aliphatic rings. The van der Waals surface area contributed by atoms with Gasteiger partial charge in [0.25, 0.3) is 5.91 Å². The van der Waals surface area contributed by atoms with Gasteiger partial charge >= 0.3 is 0 Å². The number of benzene rings is 2. The second-order valence-electron chi connectivity index (χ2n) is 7.00. The summed E-state index contributed by atoms with van der Waals surface area (Å²) in [4.78, 5) is 25.1. The summed E-state index contributed by atoms with van der Waals surface area (Å²) in [5, 5.41) is 5.70. The molecule has 30 heavy (non-hydrogen) atoms. The van der Waals surface area contributed by atoms with Crippen molar-refractivity contribution in [3.8, 4) is 11.5 Å². The molecule has 2 rings (SSSR count). The molecule has 0 aliphatic heterocycles. The first-order valence-corrected chi connectivity index (χ1v) is 11.4. The van der Waals surface area contributed by atoms with Crippen LogP contribution in [0, 0.1) is 0 Å². The monoisotopic (exact) mass is 430 g/mol. The van der Waals surface area contributed by atoms with Gasteiger partial charge in [-0.15, -0.1) is 0 Å². The summed E-state index contributed by atoms with van der Waals surface area (Å²) in [6.07, 6.45) is 2.54. The first-order chi connectivity index (χ1) is 14.5. The van der Waals surface area contributed by atoms with E-state index in [1.54, 1.807) is 23.9 Å². The molecule has 0 radical (unpaired) electrons. The van der Waals surface area contributed by atoms with Crippen LogP contribution in [0.15, 0.2) is 54.6 Å². The number of rotatable bonds is 12. The third kappa shape index (κ3) is 8.37. The van der Waals surface area contributed by atoms with Crippen molar-refractivity contribution in [1.29, 1.82) is 0 Å². The summed E-state index contributed by atoms with van der Waals surface area (Å²) in [6, 6.07) is 16.1. The van der Waals surface area contributed by atoms with Gasteiger partial charge < -0.3 is 20.1 Å². The second kappa shape index (κ2) is 12.8. The van der Waals surface area contributed by atoms with Crippen molar-refractivity contribution in [3.05, 3.63) is 60.2 Å². The number of amides is 2. The molecule has 0 spiro atoms. The topological polar surface area (TPSA) is 76.7 Å². The molecule has 0 saturated carbocycles. The lowest BCUT2D eigenvalue weighted by Gasteiger charge is -2.19. The summed E-state index contributed by atoms with van der Waals surface area (Å²) in [6.45, 7) is 4.10. The molecule has 0 bridgehead atoms. The average molecular weight is 431 g/mol. The Morgan fingerprint density at radius 3 is 2.43 bits per heavy atom. The highest BCUT2D eigenvalue weighted by Gasteiger charge is 2.21. The maximum absolute atomic E-state index is 12.7. The number of hydrogen-bond donors (Lipinski definition) is 2. The quantitative estimate of drug-likeness (QED) is 0.540. The van der Waals surface area contributed by atoms with Gasteiger partial charge in [-0.25, -0.2) is 0 Å². The lowest BCUT2D eigenvalue weighted by atomic mass is 10.1. The Hall–Kier alpha value is -2.67. The minimum absolute atomic E-state index is 0.0417. The van der Waals surface area contributed by atoms with Gasteiger partial charge in [-0.2, -0.15) is 11.8 Å². The van der Waals surface area contributed by atoms with Gasteiger partial charge in [-0.1, -0.05) is 36.4 Å². The molecule has 0 saturated heterocycles. The molecule has 2 aromatic carbocycles. The van der Waals surface area contributed by atoms with Crippen LogP contribution in [0.1, 0.15) is 25.8 Å². The van der Waals surface area contributed by atoms with Crippen LogP contribution in [-0.2, 0) is 16.1 Å². The molecule has 2 aromatic rings. The molecule has 0 aliphatic carbocycles. The molecule has 2 N–H and O–H groups in total. The SMILES string of the molecule is CSCCC(NC(=O)COc1ccccc1)C(=O)NCc1ccccc1OC(C)C. The molecule has 1 unspecified atom stereocenters. The Morgan fingerprint density at radius 2 is 1.73 bits per heavy atom. The van der Waals surface area contributed by atoms with Crippen molar-refractivity contribution in [2.24, 2.45) is 0 Å². The fourth-order valence-corrected chi connectivity index (χ4v) is 3.20. The van der Waals surface area contributed by atoms with Crippen LogP contribution in [0.5, 0.6) is 11.5 Å². The lowest BCUT2D eigenvalue weighted by Crippen LogP contribution is -2.48. The number of carbonyl (C=O) groups is 2. The fraction of sp³-hybridized carbons (Fsp3) is 0.391. The van der Waals surface area contributed by atoms with Gasteiger partial charge in [0.15, 0.2) is 6.61 Å². The zero-order valence-electron chi connectivity index (χ0n) is 17.7. The smallest absolute Gasteiger partial charge is 0.258 e. The predicted octanol–water partition coefficient (Wildman–Crippen LogP) is 3.41. The summed E-state index contributed by atoms with van der Waals surface area (Å²) in [5.74, 6) is 1.55. The van der Waals surface area contributed by atoms with E-state index in [0.29, 0.717) is 18.7 Å². The number of nitrogens with one attached hydrogen (secondary N) is 2. The number of para-hydroxylation sites is 2. The molecule has 6 nitrogen and oxygen atoms in total. The van der Waals surface area contributed by atoms with Crippen LogP contribution in [0.2, 0.25) is 0 Å². The van der Waals surface area contributed by atoms with Crippen molar-refractivity contribution >= 4 is 23.6 Å². The highest BCUT2D eigenvalue weighted by Crippen LogP contribution is 2.19. The maximum Gasteiger partial charge on any atom is 0.258 e. The Bertz CT molecular complexity index is 799. The van der Waals surface area contributed by atoms with E-state index in [1.165, 1.54) is 0 Å². The Kier molecular flexibility index (Phi) is 10.1. The minimum Gasteiger partial charge on any atom is -0.491 e. The zero-order valence-corrected chi connectivity index (χ0v) is 18.5. The summed E-state index contributed by atoms with van der Waals surface area (Å²) in [7, 11) is 0. The Balaban J connectivity index is 1.92. The second-order valence-corrected chi connectivity index (χ2v) is 7.98. The largest absolute Gasteiger partial charge is 0.491 e. The maximum atomic E-state index is 12.7. The third-order valence-corrected chi connectivity index (χ3v) is 4.81. The van der Waals surface area contributed by atoms with Crippen LogP contribution in [-0.4, -0.2) is 42.6 Å². The van der Waals surface area contributed by atoms with E-state index < -0.39 is 6.04 Å². The first kappa shape index (κ1) is 23.6. The fourth-order valence-electron chi connectivity index (χ4n) is 2.73. The van der Waals surface area contributed by atoms with Crippen molar-refractivity contribution in [2.75, 3.05) is 18.6 Å². The van der Waals surface area contributed by atoms with Crippen LogP contribution in [0.4, 0.5) is 0 Å². The molecule has 162 valence electrons. The highest BCUT2D eigenvalue weighted by molar-refractivity contribution is 7.98. The molecule has 0 heterocycles. The molecule has 0 fully saturated rings. The van der Waals surface area contributed by atoms with Crippen molar-refractivity contribution in [3.63, 3.8) is 0 Å². The molecule has 1 atom stereocenters. The van der Waals surface area contributed by atoms with E-state index in [0.717, 1.165) is 17.1 Å².